The lowest BCUT2D eigenvalue weighted by atomic mass is 10.0. The Kier molecular flexibility index (Phi) is 8.04. The lowest BCUT2D eigenvalue weighted by Crippen LogP contribution is -2.33. The number of alkyl halides is 2. The quantitative estimate of drug-likeness (QED) is 0.129. The van der Waals surface area contributed by atoms with Gasteiger partial charge in [0.2, 0.25) is 0 Å². The first kappa shape index (κ1) is 24.6. The van der Waals surface area contributed by atoms with Crippen LogP contribution in [0.3, 0.4) is 0 Å². The smallest absolute Gasteiger partial charge is 0.173 e. The van der Waals surface area contributed by atoms with E-state index in [0.29, 0.717) is 0 Å². The third kappa shape index (κ3) is 6.18. The van der Waals surface area contributed by atoms with Crippen molar-refractivity contribution in [2.24, 2.45) is 0 Å². The van der Waals surface area contributed by atoms with Crippen LogP contribution >= 0.6 is 31.9 Å². The fourth-order valence-corrected chi connectivity index (χ4v) is 5.00. The maximum absolute atomic E-state index is 3.51. The highest BCUT2D eigenvalue weighted by atomic mass is 79.9. The van der Waals surface area contributed by atoms with Crippen LogP contribution in [0.2, 0.25) is 0 Å². The molecule has 0 atom stereocenters. The van der Waals surface area contributed by atoms with Gasteiger partial charge in [0.15, 0.2) is 37.9 Å². The predicted molar refractivity (Wildman–Crippen MR) is 154 cm³/mol. The molecule has 0 bridgehead atoms. The Morgan fingerprint density at radius 2 is 0.639 bits per heavy atom. The number of halogens is 2. The van der Waals surface area contributed by atoms with Crippen LogP contribution < -0.4 is 9.13 Å². The molecule has 5 aromatic rings. The molecule has 178 valence electrons. The second-order valence-corrected chi connectivity index (χ2v) is 10.1. The van der Waals surface area contributed by atoms with Gasteiger partial charge in [0.25, 0.3) is 0 Å². The molecule has 3 aromatic carbocycles. The van der Waals surface area contributed by atoms with Crippen LogP contribution in [0, 0.1) is 0 Å². The fraction of sp³-hybridized carbons (Fsp3) is 0.125. The number of nitrogens with zero attached hydrogens (tertiary/aromatic N) is 2. The summed E-state index contributed by atoms with van der Waals surface area (Å²) < 4.78 is 4.44. The summed E-state index contributed by atoms with van der Waals surface area (Å²) in [5.74, 6) is 0. The van der Waals surface area contributed by atoms with E-state index in [1.807, 2.05) is 0 Å². The van der Waals surface area contributed by atoms with Crippen molar-refractivity contribution in [2.75, 3.05) is 0 Å². The fourth-order valence-electron chi connectivity index (χ4n) is 4.25. The van der Waals surface area contributed by atoms with E-state index in [4.69, 9.17) is 0 Å². The van der Waals surface area contributed by atoms with E-state index in [1.54, 1.807) is 0 Å². The topological polar surface area (TPSA) is 7.76 Å². The van der Waals surface area contributed by atoms with Crippen LogP contribution in [-0.2, 0) is 23.7 Å². The Balaban J connectivity index is 1.22. The zero-order valence-corrected chi connectivity index (χ0v) is 23.2. The molecule has 0 amide bonds. The van der Waals surface area contributed by atoms with Gasteiger partial charge in [-0.1, -0.05) is 105 Å². The van der Waals surface area contributed by atoms with Gasteiger partial charge in [-0.2, -0.15) is 0 Å². The maximum atomic E-state index is 3.51. The van der Waals surface area contributed by atoms with Crippen molar-refractivity contribution in [1.82, 2.24) is 0 Å². The molecule has 2 aromatic heterocycles. The van der Waals surface area contributed by atoms with Crippen molar-refractivity contribution in [1.29, 1.82) is 0 Å². The summed E-state index contributed by atoms with van der Waals surface area (Å²) in [6.07, 6.45) is 8.63. The van der Waals surface area contributed by atoms with Gasteiger partial charge < -0.3 is 0 Å². The minimum absolute atomic E-state index is 0.873. The van der Waals surface area contributed by atoms with Crippen molar-refractivity contribution in [3.05, 3.63) is 144 Å². The van der Waals surface area contributed by atoms with Gasteiger partial charge in [-0.3, -0.25) is 0 Å². The summed E-state index contributed by atoms with van der Waals surface area (Å²) >= 11 is 7.01. The monoisotopic (exact) mass is 598 g/mol. The third-order valence-electron chi connectivity index (χ3n) is 6.42. The number of rotatable bonds is 8. The van der Waals surface area contributed by atoms with Gasteiger partial charge in [-0.15, -0.1) is 0 Å². The molecule has 0 saturated heterocycles. The molecule has 0 fully saturated rings. The van der Waals surface area contributed by atoms with Crippen LogP contribution in [-0.4, -0.2) is 0 Å². The Morgan fingerprint density at radius 3 is 0.944 bits per heavy atom. The second-order valence-electron chi connectivity index (χ2n) is 9.00. The lowest BCUT2D eigenvalue weighted by Gasteiger charge is -2.05. The molecular weight excluding hydrogens is 572 g/mol. The highest BCUT2D eigenvalue weighted by Crippen LogP contribution is 2.24. The number of benzene rings is 3. The molecule has 0 saturated carbocycles. The average Bonchev–Trinajstić information content (AvgIpc) is 2.95. The zero-order valence-electron chi connectivity index (χ0n) is 20.0. The van der Waals surface area contributed by atoms with E-state index in [-0.39, 0.29) is 0 Å². The minimum atomic E-state index is 0.873. The van der Waals surface area contributed by atoms with E-state index in [2.05, 4.69) is 163 Å². The van der Waals surface area contributed by atoms with Crippen LogP contribution in [0.15, 0.2) is 122 Å². The van der Waals surface area contributed by atoms with Crippen LogP contribution in [0.4, 0.5) is 0 Å². The van der Waals surface area contributed by atoms with Crippen molar-refractivity contribution in [3.63, 3.8) is 0 Å². The molecule has 2 nitrogen and oxygen atoms in total. The molecule has 0 unspecified atom stereocenters. The van der Waals surface area contributed by atoms with E-state index in [1.165, 1.54) is 44.5 Å². The lowest BCUT2D eigenvalue weighted by molar-refractivity contribution is -0.688. The van der Waals surface area contributed by atoms with Gasteiger partial charge in [0, 0.05) is 46.1 Å². The number of hydrogen-bond donors (Lipinski definition) is 0. The van der Waals surface area contributed by atoms with Crippen LogP contribution in [0.5, 0.6) is 0 Å². The molecular formula is C32H28Br2N2+2. The maximum Gasteiger partial charge on any atom is 0.173 e. The largest absolute Gasteiger partial charge is 0.201 e. The molecule has 0 aliphatic carbocycles. The average molecular weight is 600 g/mol. The number of pyridine rings is 2. The van der Waals surface area contributed by atoms with Crippen molar-refractivity contribution in [2.45, 2.75) is 23.7 Å². The Hall–Kier alpha value is -3.08. The molecule has 2 heterocycles. The van der Waals surface area contributed by atoms with Crippen molar-refractivity contribution >= 4 is 31.9 Å². The molecule has 5 rings (SSSR count). The van der Waals surface area contributed by atoms with Gasteiger partial charge in [0.1, 0.15) is 0 Å². The standard InChI is InChI=1S/C32H28Br2N2/c33-21-25-1-5-27(6-2-25)23-35-17-13-31(14-18-35)29-9-11-30(12-10-29)32-15-19-36(20-16-32)24-28-7-3-26(22-34)4-8-28/h1-20H,21-24H2/q+2. The Labute approximate surface area is 230 Å². The highest BCUT2D eigenvalue weighted by molar-refractivity contribution is 9.08. The second kappa shape index (κ2) is 11.8. The van der Waals surface area contributed by atoms with E-state index >= 15 is 0 Å². The van der Waals surface area contributed by atoms with Gasteiger partial charge in [-0.25, -0.2) is 9.13 Å². The van der Waals surface area contributed by atoms with E-state index < -0.39 is 0 Å². The first-order chi connectivity index (χ1) is 17.7. The zero-order chi connectivity index (χ0) is 24.7. The number of hydrogen-bond acceptors (Lipinski definition) is 0. The summed E-state index contributed by atoms with van der Waals surface area (Å²) in [7, 11) is 0. The molecule has 36 heavy (non-hydrogen) atoms. The summed E-state index contributed by atoms with van der Waals surface area (Å²) in [4.78, 5) is 0. The van der Waals surface area contributed by atoms with Crippen molar-refractivity contribution < 1.29 is 9.13 Å². The Morgan fingerprint density at radius 1 is 0.361 bits per heavy atom. The summed E-state index contributed by atoms with van der Waals surface area (Å²) in [6, 6.07) is 35.1. The van der Waals surface area contributed by atoms with Gasteiger partial charge in [0.05, 0.1) is 0 Å². The SMILES string of the molecule is BrCc1ccc(C[n+]2ccc(-c3ccc(-c4cc[n+](Cc5ccc(CBr)cc5)cc4)cc3)cc2)cc1. The van der Waals surface area contributed by atoms with E-state index in [0.717, 1.165) is 23.7 Å². The summed E-state index contributed by atoms with van der Waals surface area (Å²) in [6.45, 7) is 1.75. The molecule has 4 heteroatoms. The van der Waals surface area contributed by atoms with Crippen molar-refractivity contribution in [3.8, 4) is 22.3 Å². The van der Waals surface area contributed by atoms with E-state index in [9.17, 15) is 0 Å². The molecule has 0 N–H and O–H groups in total. The molecule has 0 spiro atoms. The normalized spacial score (nSPS) is 10.9. The summed E-state index contributed by atoms with van der Waals surface area (Å²) in [5, 5.41) is 1.79. The minimum Gasteiger partial charge on any atom is -0.201 e. The van der Waals surface area contributed by atoms with Gasteiger partial charge >= 0.3 is 0 Å². The molecule has 0 aliphatic heterocycles. The number of aromatic nitrogens is 2. The van der Waals surface area contributed by atoms with Crippen LogP contribution in [0.1, 0.15) is 22.3 Å². The molecule has 0 radical (unpaired) electrons. The van der Waals surface area contributed by atoms with Gasteiger partial charge in [-0.05, 0) is 33.4 Å². The first-order valence-corrected chi connectivity index (χ1v) is 14.3. The first-order valence-electron chi connectivity index (χ1n) is 12.1. The predicted octanol–water partition coefficient (Wildman–Crippen LogP) is 7.48. The Bertz CT molecular complexity index is 1280. The van der Waals surface area contributed by atoms with Crippen LogP contribution in [0.25, 0.3) is 22.3 Å². The third-order valence-corrected chi connectivity index (χ3v) is 7.71. The highest BCUT2D eigenvalue weighted by Gasteiger charge is 2.08. The summed E-state index contributed by atoms with van der Waals surface area (Å²) in [5.41, 5.74) is 10.1. The molecule has 0 aliphatic rings.